The summed E-state index contributed by atoms with van der Waals surface area (Å²) in [6.07, 6.45) is -5.91. The molecule has 13 nitrogen and oxygen atoms in total. The van der Waals surface area contributed by atoms with E-state index in [-0.39, 0.29) is 12.3 Å². The van der Waals surface area contributed by atoms with Gasteiger partial charge in [-0.05, 0) is 0 Å². The first kappa shape index (κ1) is 21.1. The number of amides is 1. The Morgan fingerprint density at radius 1 is 1.52 bits per heavy atom. The topological polar surface area (TPSA) is 207 Å². The first-order valence-corrected chi connectivity index (χ1v) is 8.02. The predicted molar refractivity (Wildman–Crippen MR) is 83.7 cm³/mol. The number of rotatable bonds is 8. The summed E-state index contributed by atoms with van der Waals surface area (Å²) in [5, 5.41) is 61.0. The molecular weight excluding hydrogens is 368 g/mol. The number of aliphatic hydroxyl groups excluding tert-OH is 4. The minimum Gasteiger partial charge on any atom is -0.477 e. The molecule has 1 aliphatic heterocycles. The summed E-state index contributed by atoms with van der Waals surface area (Å²) in [6, 6.07) is -1.25. The quantitative estimate of drug-likeness (QED) is 0.231. The van der Waals surface area contributed by atoms with Crippen molar-refractivity contribution in [1.29, 1.82) is 0 Å². The van der Waals surface area contributed by atoms with Crippen LogP contribution in [0.5, 0.6) is 0 Å². The van der Waals surface area contributed by atoms with Crippen LogP contribution in [-0.2, 0) is 25.7 Å². The van der Waals surface area contributed by atoms with E-state index in [4.69, 9.17) is 14.6 Å². The minimum absolute atomic E-state index is 0.255. The highest BCUT2D eigenvalue weighted by Crippen LogP contribution is 2.34. The molecule has 2 heterocycles. The second-order valence-electron chi connectivity index (χ2n) is 6.13. The van der Waals surface area contributed by atoms with Gasteiger partial charge in [0.1, 0.15) is 24.0 Å². The number of nitrogens with zero attached hydrogens (tertiary/aromatic N) is 2. The lowest BCUT2D eigenvalue weighted by atomic mass is 9.88. The van der Waals surface area contributed by atoms with E-state index in [9.17, 15) is 30.0 Å². The van der Waals surface area contributed by atoms with Gasteiger partial charge in [-0.25, -0.2) is 4.79 Å². The zero-order valence-corrected chi connectivity index (χ0v) is 14.3. The summed E-state index contributed by atoms with van der Waals surface area (Å²) in [5.41, 5.74) is 0.255. The van der Waals surface area contributed by atoms with Gasteiger partial charge in [0.25, 0.3) is 5.79 Å². The first-order chi connectivity index (χ1) is 12.7. The highest BCUT2D eigenvalue weighted by molar-refractivity contribution is 5.76. The highest BCUT2D eigenvalue weighted by atomic mass is 16.7. The molecule has 0 aromatic carbocycles. The minimum atomic E-state index is -2.39. The van der Waals surface area contributed by atoms with Gasteiger partial charge < -0.3 is 40.3 Å². The van der Waals surface area contributed by atoms with Crippen LogP contribution in [0.15, 0.2) is 6.20 Å². The zero-order chi connectivity index (χ0) is 20.2. The van der Waals surface area contributed by atoms with Crippen molar-refractivity contribution in [2.45, 2.75) is 56.2 Å². The van der Waals surface area contributed by atoms with E-state index in [2.05, 4.69) is 20.7 Å². The highest BCUT2D eigenvalue weighted by Gasteiger charge is 2.55. The van der Waals surface area contributed by atoms with Gasteiger partial charge in [0.2, 0.25) is 5.91 Å². The number of hydrogen-bond acceptors (Lipinski definition) is 10. The molecule has 0 unspecified atom stereocenters. The van der Waals surface area contributed by atoms with E-state index in [1.165, 1.54) is 6.20 Å². The number of H-pyrrole nitrogens is 1. The van der Waals surface area contributed by atoms with Crippen molar-refractivity contribution >= 4 is 11.9 Å². The molecule has 27 heavy (non-hydrogen) atoms. The lowest BCUT2D eigenvalue weighted by Crippen LogP contribution is -2.67. The van der Waals surface area contributed by atoms with Gasteiger partial charge in [0.05, 0.1) is 31.6 Å². The molecule has 7 N–H and O–H groups in total. The molecule has 1 saturated heterocycles. The fraction of sp³-hybridized carbons (Fsp3) is 0.714. The van der Waals surface area contributed by atoms with Crippen LogP contribution in [-0.4, -0.2) is 95.7 Å². The number of carboxylic acids is 1. The van der Waals surface area contributed by atoms with Gasteiger partial charge in [-0.2, -0.15) is 15.4 Å². The summed E-state index contributed by atoms with van der Waals surface area (Å²) >= 11 is 0. The lowest BCUT2D eigenvalue weighted by molar-refractivity contribution is -0.315. The zero-order valence-electron chi connectivity index (χ0n) is 14.3. The normalized spacial score (nSPS) is 30.5. The van der Waals surface area contributed by atoms with E-state index < -0.39 is 61.1 Å². The molecule has 2 rings (SSSR count). The van der Waals surface area contributed by atoms with Crippen LogP contribution in [0.4, 0.5) is 0 Å². The van der Waals surface area contributed by atoms with E-state index in [1.54, 1.807) is 0 Å². The molecule has 0 saturated carbocycles. The Balaban J connectivity index is 2.30. The molecule has 0 radical (unpaired) electrons. The monoisotopic (exact) mass is 390 g/mol. The number of nitrogens with one attached hydrogen (secondary N) is 2. The largest absolute Gasteiger partial charge is 0.477 e. The number of aliphatic carboxylic acids is 1. The predicted octanol–water partition coefficient (Wildman–Crippen LogP) is -3.53. The molecular formula is C14H22N4O9. The third-order valence-corrected chi connectivity index (χ3v) is 4.10. The van der Waals surface area contributed by atoms with Crippen molar-refractivity contribution in [3.63, 3.8) is 0 Å². The molecule has 6 atom stereocenters. The average molecular weight is 390 g/mol. The van der Waals surface area contributed by atoms with E-state index >= 15 is 0 Å². The van der Waals surface area contributed by atoms with E-state index in [0.717, 1.165) is 6.92 Å². The van der Waals surface area contributed by atoms with Gasteiger partial charge in [0, 0.05) is 13.3 Å². The van der Waals surface area contributed by atoms with Crippen LogP contribution < -0.4 is 5.32 Å². The molecule has 152 valence electrons. The Morgan fingerprint density at radius 3 is 2.74 bits per heavy atom. The second kappa shape index (κ2) is 8.69. The number of carbonyl (C=O) groups is 2. The van der Waals surface area contributed by atoms with Crippen molar-refractivity contribution in [3.05, 3.63) is 11.9 Å². The summed E-state index contributed by atoms with van der Waals surface area (Å²) in [4.78, 5) is 23.2. The van der Waals surface area contributed by atoms with Crippen LogP contribution in [0.2, 0.25) is 0 Å². The average Bonchev–Trinajstić information content (AvgIpc) is 3.13. The van der Waals surface area contributed by atoms with Crippen molar-refractivity contribution in [3.8, 4) is 0 Å². The maximum Gasteiger partial charge on any atom is 0.364 e. The maximum atomic E-state index is 11.8. The Bertz CT molecular complexity index is 643. The molecule has 1 amide bonds. The molecule has 13 heteroatoms. The van der Waals surface area contributed by atoms with Gasteiger partial charge in [0.15, 0.2) is 0 Å². The molecule has 1 fully saturated rings. The van der Waals surface area contributed by atoms with Crippen LogP contribution >= 0.6 is 0 Å². The number of aliphatic hydroxyl groups is 4. The van der Waals surface area contributed by atoms with Crippen molar-refractivity contribution in [2.24, 2.45) is 0 Å². The van der Waals surface area contributed by atoms with Crippen LogP contribution in [0.3, 0.4) is 0 Å². The summed E-state index contributed by atoms with van der Waals surface area (Å²) in [5.74, 6) is -4.57. The summed E-state index contributed by atoms with van der Waals surface area (Å²) < 4.78 is 10.7. The third kappa shape index (κ3) is 4.77. The van der Waals surface area contributed by atoms with Gasteiger partial charge >= 0.3 is 5.97 Å². The van der Waals surface area contributed by atoms with E-state index in [1.807, 2.05) is 0 Å². The summed E-state index contributed by atoms with van der Waals surface area (Å²) in [6.45, 7) is -0.0474. The van der Waals surface area contributed by atoms with Gasteiger partial charge in [-0.3, -0.25) is 4.79 Å². The SMILES string of the molecule is CC(=O)N[C@H]1[C@H]([C@H](O)[C@H](O)CO)O[C@@](OCc2cn[nH]n2)(C(=O)O)C[C@@H]1O. The van der Waals surface area contributed by atoms with E-state index in [0.29, 0.717) is 0 Å². The molecule has 0 spiro atoms. The van der Waals surface area contributed by atoms with Crippen molar-refractivity contribution < 1.29 is 44.6 Å². The van der Waals surface area contributed by atoms with Gasteiger partial charge in [-0.15, -0.1) is 0 Å². The Hall–Kier alpha value is -2.16. The number of aromatic nitrogens is 3. The van der Waals surface area contributed by atoms with Crippen LogP contribution in [0, 0.1) is 0 Å². The molecule has 1 aromatic rings. The standard InChI is InChI=1S/C14H22N4O9/c1-6(20)16-10-8(21)2-14(13(24)25,26-5-7-3-15-18-17-7)27-12(10)11(23)9(22)4-19/h3,8-12,19,21-23H,2,4-5H2,1H3,(H,16,20)(H,24,25)(H,15,17,18)/t8-,9+,10+,11+,12+,14+/m0/s1. The van der Waals surface area contributed by atoms with Crippen molar-refractivity contribution in [2.75, 3.05) is 6.61 Å². The van der Waals surface area contributed by atoms with Crippen molar-refractivity contribution in [1.82, 2.24) is 20.7 Å². The Kier molecular flexibility index (Phi) is 6.80. The lowest BCUT2D eigenvalue weighted by Gasteiger charge is -2.46. The Morgan fingerprint density at radius 2 is 2.22 bits per heavy atom. The number of hydrogen-bond donors (Lipinski definition) is 7. The Labute approximate surface area is 152 Å². The summed E-state index contributed by atoms with van der Waals surface area (Å²) in [7, 11) is 0. The van der Waals surface area contributed by atoms with Crippen LogP contribution in [0.1, 0.15) is 19.0 Å². The van der Waals surface area contributed by atoms with Gasteiger partial charge in [-0.1, -0.05) is 0 Å². The molecule has 0 aliphatic carbocycles. The molecule has 0 bridgehead atoms. The third-order valence-electron chi connectivity index (χ3n) is 4.10. The smallest absolute Gasteiger partial charge is 0.364 e. The molecule has 1 aromatic heterocycles. The van der Waals surface area contributed by atoms with Crippen LogP contribution in [0.25, 0.3) is 0 Å². The fourth-order valence-electron chi connectivity index (χ4n) is 2.76. The number of ether oxygens (including phenoxy) is 2. The number of carboxylic acid groups (broad SMARTS) is 1. The fourth-order valence-corrected chi connectivity index (χ4v) is 2.76. The number of carbonyl (C=O) groups excluding carboxylic acids is 1. The number of aromatic amines is 1. The maximum absolute atomic E-state index is 11.8. The second-order valence-corrected chi connectivity index (χ2v) is 6.13. The molecule has 1 aliphatic rings. The first-order valence-electron chi connectivity index (χ1n) is 8.02.